The lowest BCUT2D eigenvalue weighted by Crippen LogP contribution is -2.50. The van der Waals surface area contributed by atoms with E-state index in [0.29, 0.717) is 44.7 Å². The monoisotopic (exact) mass is 442 g/mol. The quantitative estimate of drug-likeness (QED) is 0.738. The van der Waals surface area contributed by atoms with Crippen molar-refractivity contribution in [1.82, 2.24) is 4.31 Å². The zero-order valence-electron chi connectivity index (χ0n) is 17.4. The summed E-state index contributed by atoms with van der Waals surface area (Å²) in [5, 5.41) is 5.45. The molecule has 0 spiro atoms. The highest BCUT2D eigenvalue weighted by atomic mass is 32.2. The number of nitrogens with zero attached hydrogens (tertiary/aromatic N) is 2. The van der Waals surface area contributed by atoms with Crippen molar-refractivity contribution >= 4 is 38.9 Å². The molecule has 0 aliphatic carbocycles. The molecule has 0 aromatic heterocycles. The van der Waals surface area contributed by atoms with Crippen LogP contribution in [0.5, 0.6) is 0 Å². The maximum absolute atomic E-state index is 12.8. The maximum Gasteiger partial charge on any atom is 0.241 e. The van der Waals surface area contributed by atoms with E-state index in [2.05, 4.69) is 21.6 Å². The van der Waals surface area contributed by atoms with Gasteiger partial charge in [-0.3, -0.25) is 9.59 Å². The van der Waals surface area contributed by atoms with Crippen LogP contribution in [0.25, 0.3) is 0 Å². The van der Waals surface area contributed by atoms with Crippen molar-refractivity contribution in [3.63, 3.8) is 0 Å². The second-order valence-corrected chi connectivity index (χ2v) is 9.92. The van der Waals surface area contributed by atoms with Crippen LogP contribution in [0.4, 0.5) is 17.1 Å². The number of fused-ring (bicyclic) bond motifs is 1. The number of piperazine rings is 1. The minimum absolute atomic E-state index is 0.0297. The van der Waals surface area contributed by atoms with Gasteiger partial charge in [0.05, 0.1) is 0 Å². The highest BCUT2D eigenvalue weighted by Gasteiger charge is 2.29. The van der Waals surface area contributed by atoms with Gasteiger partial charge in [-0.2, -0.15) is 4.31 Å². The minimum Gasteiger partial charge on any atom is -0.369 e. The second-order valence-electron chi connectivity index (χ2n) is 7.95. The smallest absolute Gasteiger partial charge is 0.241 e. The van der Waals surface area contributed by atoms with Crippen molar-refractivity contribution in [2.45, 2.75) is 19.8 Å². The van der Waals surface area contributed by atoms with Crippen molar-refractivity contribution < 1.29 is 18.0 Å². The molecule has 4 rings (SSSR count). The first-order chi connectivity index (χ1) is 14.8. The van der Waals surface area contributed by atoms with Crippen LogP contribution in [-0.2, 0) is 26.0 Å². The Bertz CT molecular complexity index is 1110. The Kier molecular flexibility index (Phi) is 5.97. The number of hydrogen-bond donors (Lipinski definition) is 2. The number of nitrogens with one attached hydrogen (secondary N) is 2. The third kappa shape index (κ3) is 5.05. The molecule has 1 saturated heterocycles. The van der Waals surface area contributed by atoms with Crippen molar-refractivity contribution in [2.75, 3.05) is 47.5 Å². The van der Waals surface area contributed by atoms with Crippen LogP contribution in [0.3, 0.4) is 0 Å². The fourth-order valence-electron chi connectivity index (χ4n) is 3.96. The van der Waals surface area contributed by atoms with E-state index >= 15 is 0 Å². The molecule has 2 aromatic rings. The van der Waals surface area contributed by atoms with Gasteiger partial charge in [0.1, 0.15) is 5.75 Å². The molecule has 8 nitrogen and oxygen atoms in total. The SMILES string of the molecule is Cc1cccc(N2CCN(S(=O)(=O)CC(=O)Nc3ccc4c(c3)CCC(=O)N4)CC2)c1. The molecule has 0 saturated carbocycles. The summed E-state index contributed by atoms with van der Waals surface area (Å²) < 4.78 is 26.9. The number of carbonyl (C=O) groups excluding carboxylic acids is 2. The van der Waals surface area contributed by atoms with E-state index < -0.39 is 21.7 Å². The largest absolute Gasteiger partial charge is 0.369 e. The predicted octanol–water partition coefficient (Wildman–Crippen LogP) is 1.97. The van der Waals surface area contributed by atoms with Crippen molar-refractivity contribution in [3.05, 3.63) is 53.6 Å². The van der Waals surface area contributed by atoms with Crippen molar-refractivity contribution in [1.29, 1.82) is 0 Å². The maximum atomic E-state index is 12.8. The second kappa shape index (κ2) is 8.68. The van der Waals surface area contributed by atoms with Gasteiger partial charge in [0.2, 0.25) is 21.8 Å². The summed E-state index contributed by atoms with van der Waals surface area (Å²) in [5.41, 5.74) is 4.42. The Balaban J connectivity index is 1.33. The first kappa shape index (κ1) is 21.3. The van der Waals surface area contributed by atoms with E-state index in [0.717, 1.165) is 22.5 Å². The highest BCUT2D eigenvalue weighted by Crippen LogP contribution is 2.26. The lowest BCUT2D eigenvalue weighted by atomic mass is 10.0. The number of rotatable bonds is 5. The Morgan fingerprint density at radius 3 is 2.58 bits per heavy atom. The molecule has 31 heavy (non-hydrogen) atoms. The summed E-state index contributed by atoms with van der Waals surface area (Å²) in [5.74, 6) is -1.19. The summed E-state index contributed by atoms with van der Waals surface area (Å²) in [7, 11) is -3.70. The molecule has 2 N–H and O–H groups in total. The molecule has 2 aliphatic heterocycles. The summed E-state index contributed by atoms with van der Waals surface area (Å²) in [6.07, 6.45) is 0.988. The molecule has 0 unspecified atom stereocenters. The molecule has 164 valence electrons. The number of hydrogen-bond acceptors (Lipinski definition) is 5. The van der Waals surface area contributed by atoms with Crippen LogP contribution < -0.4 is 15.5 Å². The molecule has 9 heteroatoms. The van der Waals surface area contributed by atoms with Gasteiger partial charge in [-0.25, -0.2) is 8.42 Å². The van der Waals surface area contributed by atoms with Gasteiger partial charge >= 0.3 is 0 Å². The summed E-state index contributed by atoms with van der Waals surface area (Å²) >= 11 is 0. The van der Waals surface area contributed by atoms with Gasteiger partial charge in [-0.15, -0.1) is 0 Å². The van der Waals surface area contributed by atoms with E-state index in [9.17, 15) is 18.0 Å². The molecule has 2 heterocycles. The van der Waals surface area contributed by atoms with Crippen LogP contribution in [0, 0.1) is 6.92 Å². The number of sulfonamides is 1. The fourth-order valence-corrected chi connectivity index (χ4v) is 5.27. The Morgan fingerprint density at radius 1 is 1.06 bits per heavy atom. The number of anilines is 3. The first-order valence-electron chi connectivity index (χ1n) is 10.3. The van der Waals surface area contributed by atoms with Crippen LogP contribution in [-0.4, -0.2) is 56.5 Å². The first-order valence-corrected chi connectivity index (χ1v) is 11.9. The normalized spacial score (nSPS) is 17.1. The lowest BCUT2D eigenvalue weighted by Gasteiger charge is -2.35. The third-order valence-corrected chi connectivity index (χ3v) is 7.38. The summed E-state index contributed by atoms with van der Waals surface area (Å²) in [6.45, 7) is 3.90. The van der Waals surface area contributed by atoms with E-state index in [-0.39, 0.29) is 5.91 Å². The molecule has 0 bridgehead atoms. The number of aryl methyl sites for hydroxylation is 2. The number of carbonyl (C=O) groups is 2. The van der Waals surface area contributed by atoms with Crippen LogP contribution >= 0.6 is 0 Å². The third-order valence-electron chi connectivity index (χ3n) is 5.60. The van der Waals surface area contributed by atoms with E-state index in [1.807, 2.05) is 25.1 Å². The molecule has 0 radical (unpaired) electrons. The molecule has 0 atom stereocenters. The van der Waals surface area contributed by atoms with Gasteiger partial charge in [0.25, 0.3) is 0 Å². The number of amides is 2. The zero-order chi connectivity index (χ0) is 22.0. The van der Waals surface area contributed by atoms with Gasteiger partial charge in [-0.05, 0) is 54.8 Å². The standard InChI is InChI=1S/C22H26N4O4S/c1-16-3-2-4-19(13-16)25-9-11-26(12-10-25)31(29,30)15-22(28)23-18-6-7-20-17(14-18)5-8-21(27)24-20/h2-4,6-7,13-14H,5,8-12,15H2,1H3,(H,23,28)(H,24,27). The zero-order valence-corrected chi connectivity index (χ0v) is 18.2. The molecule has 2 aliphatic rings. The van der Waals surface area contributed by atoms with Crippen LogP contribution in [0.15, 0.2) is 42.5 Å². The van der Waals surface area contributed by atoms with Crippen LogP contribution in [0.1, 0.15) is 17.5 Å². The average molecular weight is 443 g/mol. The summed E-state index contributed by atoms with van der Waals surface area (Å²) in [4.78, 5) is 26.0. The minimum atomic E-state index is -3.70. The molecule has 1 fully saturated rings. The van der Waals surface area contributed by atoms with Crippen molar-refractivity contribution in [3.8, 4) is 0 Å². The molecule has 2 amide bonds. The lowest BCUT2D eigenvalue weighted by molar-refractivity contribution is -0.116. The number of benzene rings is 2. The molecular weight excluding hydrogens is 416 g/mol. The summed E-state index contributed by atoms with van der Waals surface area (Å²) in [6, 6.07) is 13.3. The van der Waals surface area contributed by atoms with E-state index in [1.54, 1.807) is 18.2 Å². The topological polar surface area (TPSA) is 98.8 Å². The highest BCUT2D eigenvalue weighted by molar-refractivity contribution is 7.89. The van der Waals surface area contributed by atoms with Crippen LogP contribution in [0.2, 0.25) is 0 Å². The Hall–Kier alpha value is -2.91. The van der Waals surface area contributed by atoms with Gasteiger partial charge in [0.15, 0.2) is 0 Å². The average Bonchev–Trinajstić information content (AvgIpc) is 2.73. The van der Waals surface area contributed by atoms with Gasteiger partial charge in [-0.1, -0.05) is 12.1 Å². The Morgan fingerprint density at radius 2 is 1.84 bits per heavy atom. The van der Waals surface area contributed by atoms with E-state index in [4.69, 9.17) is 0 Å². The van der Waals surface area contributed by atoms with Gasteiger partial charge < -0.3 is 15.5 Å². The molecule has 2 aromatic carbocycles. The van der Waals surface area contributed by atoms with Crippen molar-refractivity contribution in [2.24, 2.45) is 0 Å². The predicted molar refractivity (Wildman–Crippen MR) is 121 cm³/mol. The fraction of sp³-hybridized carbons (Fsp3) is 0.364. The Labute approximate surface area is 182 Å². The van der Waals surface area contributed by atoms with E-state index in [1.165, 1.54) is 4.31 Å². The van der Waals surface area contributed by atoms with Gasteiger partial charge in [0, 0.05) is 49.7 Å². The molecular formula is C22H26N4O4S.